The van der Waals surface area contributed by atoms with Crippen molar-refractivity contribution < 1.29 is 29.0 Å². The third-order valence-corrected chi connectivity index (χ3v) is 15.6. The number of ether oxygens (including phenoxy) is 1. The molecule has 0 aliphatic heterocycles. The molecule has 0 aromatic heterocycles. The number of unbranched alkanes of at least 4 members (excludes halogenated alkanes) is 5. The van der Waals surface area contributed by atoms with Crippen molar-refractivity contribution in [3.05, 3.63) is 60.2 Å². The Bertz CT molecular complexity index is 1240. The van der Waals surface area contributed by atoms with Gasteiger partial charge in [-0.2, -0.15) is 0 Å². The quantitative estimate of drug-likeness (QED) is 0.0821. The number of carboxylic acids is 1. The van der Waals surface area contributed by atoms with E-state index in [0.717, 1.165) is 56.1 Å². The molecule has 6 atom stereocenters. The van der Waals surface area contributed by atoms with Gasteiger partial charge in [-0.15, -0.1) is 0 Å². The van der Waals surface area contributed by atoms with Gasteiger partial charge in [0.2, 0.25) is 0 Å². The lowest BCUT2D eigenvalue weighted by molar-refractivity contribution is -0.137. The number of aliphatic hydroxyl groups excluding tert-OH is 1. The van der Waals surface area contributed by atoms with Gasteiger partial charge in [-0.3, -0.25) is 4.79 Å². The molecular formula is C41H64O6Si. The maximum atomic E-state index is 13.4. The van der Waals surface area contributed by atoms with Crippen LogP contribution in [-0.2, 0) is 14.0 Å². The maximum Gasteiger partial charge on any atom is 0.338 e. The predicted molar refractivity (Wildman–Crippen MR) is 199 cm³/mol. The maximum absolute atomic E-state index is 13.4. The molecule has 0 heterocycles. The van der Waals surface area contributed by atoms with Crippen LogP contribution in [0.5, 0.6) is 0 Å². The average Bonchev–Trinajstić information content (AvgIpc) is 3.33. The van der Waals surface area contributed by atoms with E-state index in [-0.39, 0.29) is 41.5 Å². The molecule has 2 unspecified atom stereocenters. The smallest absolute Gasteiger partial charge is 0.338 e. The second kappa shape index (κ2) is 19.1. The van der Waals surface area contributed by atoms with Crippen LogP contribution in [0.1, 0.15) is 128 Å². The summed E-state index contributed by atoms with van der Waals surface area (Å²) in [5.74, 6) is -0.588. The number of esters is 1. The van der Waals surface area contributed by atoms with Crippen molar-refractivity contribution in [3.8, 4) is 11.1 Å². The van der Waals surface area contributed by atoms with Gasteiger partial charge in [0, 0.05) is 24.9 Å². The van der Waals surface area contributed by atoms with Gasteiger partial charge in [-0.25, -0.2) is 4.79 Å². The first kappa shape index (κ1) is 40.0. The highest BCUT2D eigenvalue weighted by molar-refractivity contribution is 6.74. The van der Waals surface area contributed by atoms with Gasteiger partial charge in [0.25, 0.3) is 0 Å². The molecular weight excluding hydrogens is 617 g/mol. The molecule has 1 aliphatic carbocycles. The molecule has 6 nitrogen and oxygen atoms in total. The minimum absolute atomic E-state index is 0.0237. The summed E-state index contributed by atoms with van der Waals surface area (Å²) in [6.45, 7) is 16.1. The zero-order chi connectivity index (χ0) is 35.3. The molecule has 0 spiro atoms. The van der Waals surface area contributed by atoms with E-state index in [4.69, 9.17) is 14.3 Å². The van der Waals surface area contributed by atoms with Gasteiger partial charge in [0.05, 0.1) is 11.7 Å². The summed E-state index contributed by atoms with van der Waals surface area (Å²) in [7, 11) is -2.00. The molecule has 2 aromatic rings. The van der Waals surface area contributed by atoms with E-state index in [1.165, 1.54) is 19.3 Å². The van der Waals surface area contributed by atoms with Crippen molar-refractivity contribution in [2.45, 2.75) is 155 Å². The summed E-state index contributed by atoms with van der Waals surface area (Å²) in [6, 6.07) is 17.7. The molecule has 268 valence electrons. The van der Waals surface area contributed by atoms with Crippen LogP contribution in [0, 0.1) is 17.8 Å². The summed E-state index contributed by atoms with van der Waals surface area (Å²) >= 11 is 0. The lowest BCUT2D eigenvalue weighted by Crippen LogP contribution is -2.45. The molecule has 1 saturated carbocycles. The van der Waals surface area contributed by atoms with Crippen LogP contribution >= 0.6 is 0 Å². The van der Waals surface area contributed by atoms with Gasteiger partial charge in [-0.05, 0) is 85.3 Å². The standard InChI is InChI=1S/C41H64O6Si/c1-8-9-13-18-30(2)37(47-48(6,7)41(3,4)5)28-27-34-35(21-16-10-11-17-22-39(43)44)38(29-36(34)42)46-40(45)33-25-23-32(24-26-33)31-19-14-12-15-20-31/h12,14-15,19-20,23-26,30,34-38,42H,8-11,13,16-18,21-22,27-29H2,1-7H3,(H,43,44)/t30?,34-,35-,36?,37+,38+/m1/s1. The highest BCUT2D eigenvalue weighted by atomic mass is 28.4. The van der Waals surface area contributed by atoms with Crippen molar-refractivity contribution in [1.29, 1.82) is 0 Å². The molecule has 0 saturated heterocycles. The number of carbonyl (C=O) groups excluding carboxylic acids is 1. The molecule has 0 bridgehead atoms. The SMILES string of the molecule is CCCCCC(C)[C@H](CC[C@H]1C(O)C[C@H](OC(=O)c2ccc(-c3ccccc3)cc2)[C@@H]1CCCCCCC(=O)O)O[Si](C)(C)C(C)(C)C. The summed E-state index contributed by atoms with van der Waals surface area (Å²) in [5, 5.41) is 20.6. The van der Waals surface area contributed by atoms with E-state index < -0.39 is 20.4 Å². The van der Waals surface area contributed by atoms with E-state index >= 15 is 0 Å². The Hall–Kier alpha value is -2.48. The van der Waals surface area contributed by atoms with Crippen molar-refractivity contribution in [3.63, 3.8) is 0 Å². The Morgan fingerprint density at radius 1 is 0.854 bits per heavy atom. The highest BCUT2D eigenvalue weighted by Crippen LogP contribution is 2.43. The number of aliphatic carboxylic acids is 1. The Morgan fingerprint density at radius 3 is 2.12 bits per heavy atom. The van der Waals surface area contributed by atoms with Crippen molar-refractivity contribution in [1.82, 2.24) is 0 Å². The first-order chi connectivity index (χ1) is 22.7. The zero-order valence-corrected chi connectivity index (χ0v) is 31.9. The second-order valence-electron chi connectivity index (χ2n) is 15.8. The van der Waals surface area contributed by atoms with Gasteiger partial charge < -0.3 is 19.4 Å². The highest BCUT2D eigenvalue weighted by Gasteiger charge is 2.45. The Morgan fingerprint density at radius 2 is 1.50 bits per heavy atom. The zero-order valence-electron chi connectivity index (χ0n) is 30.9. The predicted octanol–water partition coefficient (Wildman–Crippen LogP) is 10.7. The summed E-state index contributed by atoms with van der Waals surface area (Å²) in [4.78, 5) is 24.4. The first-order valence-electron chi connectivity index (χ1n) is 18.7. The summed E-state index contributed by atoms with van der Waals surface area (Å²) < 4.78 is 13.3. The van der Waals surface area contributed by atoms with E-state index in [9.17, 15) is 14.7 Å². The fourth-order valence-corrected chi connectivity index (χ4v) is 8.47. The Kier molecular flexibility index (Phi) is 15.9. The van der Waals surface area contributed by atoms with Crippen LogP contribution in [0.15, 0.2) is 54.6 Å². The molecule has 0 radical (unpaired) electrons. The van der Waals surface area contributed by atoms with Gasteiger partial charge in [-0.1, -0.05) is 116 Å². The minimum atomic E-state index is -2.00. The average molecular weight is 681 g/mol. The molecule has 2 aromatic carbocycles. The van der Waals surface area contributed by atoms with Gasteiger partial charge in [0.15, 0.2) is 8.32 Å². The lowest BCUT2D eigenvalue weighted by Gasteiger charge is -2.41. The van der Waals surface area contributed by atoms with Crippen LogP contribution in [-0.4, -0.2) is 48.8 Å². The monoisotopic (exact) mass is 680 g/mol. The molecule has 0 amide bonds. The Balaban J connectivity index is 1.74. The number of rotatable bonds is 20. The molecule has 7 heteroatoms. The van der Waals surface area contributed by atoms with Crippen molar-refractivity contribution in [2.75, 3.05) is 0 Å². The largest absolute Gasteiger partial charge is 0.481 e. The Labute approximate surface area is 292 Å². The van der Waals surface area contributed by atoms with Crippen LogP contribution < -0.4 is 0 Å². The molecule has 48 heavy (non-hydrogen) atoms. The van der Waals surface area contributed by atoms with Crippen LogP contribution in [0.25, 0.3) is 11.1 Å². The normalized spacial score (nSPS) is 21.2. The molecule has 3 rings (SSSR count). The van der Waals surface area contributed by atoms with E-state index in [1.54, 1.807) is 0 Å². The number of benzene rings is 2. The van der Waals surface area contributed by atoms with Crippen LogP contribution in [0.4, 0.5) is 0 Å². The third kappa shape index (κ3) is 12.1. The number of carboxylic acid groups (broad SMARTS) is 1. The first-order valence-corrected chi connectivity index (χ1v) is 21.6. The topological polar surface area (TPSA) is 93.1 Å². The fourth-order valence-electron chi connectivity index (χ4n) is 7.01. The molecule has 1 fully saturated rings. The summed E-state index contributed by atoms with van der Waals surface area (Å²) in [6.07, 6.45) is 10.6. The van der Waals surface area contributed by atoms with Gasteiger partial charge >= 0.3 is 11.9 Å². The van der Waals surface area contributed by atoms with Crippen LogP contribution in [0.2, 0.25) is 18.1 Å². The number of hydrogen-bond acceptors (Lipinski definition) is 5. The van der Waals surface area contributed by atoms with Crippen LogP contribution in [0.3, 0.4) is 0 Å². The number of hydrogen-bond donors (Lipinski definition) is 2. The van der Waals surface area contributed by atoms with Gasteiger partial charge in [0.1, 0.15) is 6.10 Å². The number of carbonyl (C=O) groups is 2. The number of aliphatic hydroxyl groups is 1. The third-order valence-electron chi connectivity index (χ3n) is 11.1. The van der Waals surface area contributed by atoms with Crippen molar-refractivity contribution in [2.24, 2.45) is 17.8 Å². The summed E-state index contributed by atoms with van der Waals surface area (Å²) in [5.41, 5.74) is 2.66. The second-order valence-corrected chi connectivity index (χ2v) is 20.6. The van der Waals surface area contributed by atoms with E-state index in [2.05, 4.69) is 47.7 Å². The fraction of sp³-hybridized carbons (Fsp3) is 0.659. The van der Waals surface area contributed by atoms with E-state index in [0.29, 0.717) is 24.3 Å². The minimum Gasteiger partial charge on any atom is -0.481 e. The lowest BCUT2D eigenvalue weighted by atomic mass is 9.83. The van der Waals surface area contributed by atoms with E-state index in [1.807, 2.05) is 54.6 Å². The molecule has 1 aliphatic rings. The molecule has 2 N–H and O–H groups in total. The van der Waals surface area contributed by atoms with Crippen molar-refractivity contribution >= 4 is 20.3 Å².